The third kappa shape index (κ3) is 1.71. The van der Waals surface area contributed by atoms with E-state index in [-0.39, 0.29) is 0 Å². The Bertz CT molecular complexity index is 514. The molecule has 0 bridgehead atoms. The number of furan rings is 1. The summed E-state index contributed by atoms with van der Waals surface area (Å²) in [6, 6.07) is 7.93. The summed E-state index contributed by atoms with van der Waals surface area (Å²) in [5.74, 6) is 6.52. The second-order valence-electron chi connectivity index (χ2n) is 3.37. The van der Waals surface area contributed by atoms with Crippen LogP contribution in [0, 0.1) is 6.92 Å². The molecule has 3 N–H and O–H groups in total. The van der Waals surface area contributed by atoms with Crippen molar-refractivity contribution in [3.63, 3.8) is 0 Å². The number of aliphatic imine (C=N–C) groups is 1. The minimum atomic E-state index is 0.545. The Morgan fingerprint density at radius 1 is 1.40 bits per heavy atom. The molecule has 0 saturated heterocycles. The number of hydrogen-bond donors (Lipinski definition) is 2. The quantitative estimate of drug-likeness (QED) is 0.320. The van der Waals surface area contributed by atoms with Crippen LogP contribution in [0.1, 0.15) is 11.3 Å². The normalized spacial score (nSPS) is 12.1. The lowest BCUT2D eigenvalue weighted by atomic mass is 10.2. The molecule has 0 aliphatic heterocycles. The van der Waals surface area contributed by atoms with Crippen molar-refractivity contribution in [2.24, 2.45) is 10.8 Å². The third-order valence-corrected chi connectivity index (χ3v) is 2.27. The zero-order chi connectivity index (χ0) is 10.8. The lowest BCUT2D eigenvalue weighted by Crippen LogP contribution is -2.30. The number of hydrogen-bond acceptors (Lipinski definition) is 3. The molecule has 1 aromatic carbocycles. The first-order valence-corrected chi connectivity index (χ1v) is 4.68. The van der Waals surface area contributed by atoms with Crippen molar-refractivity contribution in [1.82, 2.24) is 5.43 Å². The van der Waals surface area contributed by atoms with Crippen molar-refractivity contribution in [3.8, 4) is 0 Å². The molecule has 78 valence electrons. The van der Waals surface area contributed by atoms with E-state index in [2.05, 4.69) is 16.5 Å². The van der Waals surface area contributed by atoms with Crippen LogP contribution in [0.25, 0.3) is 11.0 Å². The standard InChI is InChI=1S/C11H13N3O/c1-7-3-4-9-8(5-7)6-10(15-9)11(13-2)14-12/h3-6H,12H2,1-2H3,(H,13,14). The van der Waals surface area contributed by atoms with Crippen molar-refractivity contribution in [1.29, 1.82) is 0 Å². The van der Waals surface area contributed by atoms with E-state index in [9.17, 15) is 0 Å². The van der Waals surface area contributed by atoms with Gasteiger partial charge in [0.15, 0.2) is 11.6 Å². The van der Waals surface area contributed by atoms with Gasteiger partial charge in [0.1, 0.15) is 5.58 Å². The highest BCUT2D eigenvalue weighted by Gasteiger charge is 2.08. The second-order valence-corrected chi connectivity index (χ2v) is 3.37. The Morgan fingerprint density at radius 2 is 2.20 bits per heavy atom. The number of hydrazine groups is 1. The molecule has 0 spiro atoms. The van der Waals surface area contributed by atoms with Gasteiger partial charge in [0.2, 0.25) is 0 Å². The zero-order valence-corrected chi connectivity index (χ0v) is 8.74. The predicted molar refractivity (Wildman–Crippen MR) is 60.7 cm³/mol. The molecule has 0 radical (unpaired) electrons. The molecule has 2 rings (SSSR count). The highest BCUT2D eigenvalue weighted by molar-refractivity contribution is 5.99. The van der Waals surface area contributed by atoms with Gasteiger partial charge in [-0.2, -0.15) is 0 Å². The van der Waals surface area contributed by atoms with E-state index in [4.69, 9.17) is 10.3 Å². The molecule has 0 fully saturated rings. The first kappa shape index (κ1) is 9.73. The number of benzene rings is 1. The maximum atomic E-state index is 5.59. The smallest absolute Gasteiger partial charge is 0.178 e. The van der Waals surface area contributed by atoms with Gasteiger partial charge in [-0.3, -0.25) is 4.99 Å². The van der Waals surface area contributed by atoms with Crippen molar-refractivity contribution < 1.29 is 4.42 Å². The summed E-state index contributed by atoms with van der Waals surface area (Å²) in [6.07, 6.45) is 0. The van der Waals surface area contributed by atoms with E-state index in [0.717, 1.165) is 11.0 Å². The van der Waals surface area contributed by atoms with Crippen molar-refractivity contribution in [2.45, 2.75) is 6.92 Å². The Labute approximate surface area is 87.8 Å². The highest BCUT2D eigenvalue weighted by atomic mass is 16.3. The first-order valence-electron chi connectivity index (χ1n) is 4.68. The van der Waals surface area contributed by atoms with E-state index in [0.29, 0.717) is 11.6 Å². The summed E-state index contributed by atoms with van der Waals surface area (Å²) in [7, 11) is 1.66. The van der Waals surface area contributed by atoms with Crippen LogP contribution in [-0.2, 0) is 0 Å². The second kappa shape index (κ2) is 3.74. The van der Waals surface area contributed by atoms with Gasteiger partial charge in [0, 0.05) is 12.4 Å². The first-order chi connectivity index (χ1) is 7.24. The van der Waals surface area contributed by atoms with Gasteiger partial charge in [-0.1, -0.05) is 11.6 Å². The average Bonchev–Trinajstić information content (AvgIpc) is 2.62. The minimum absolute atomic E-state index is 0.545. The molecule has 2 aromatic rings. The summed E-state index contributed by atoms with van der Waals surface area (Å²) in [5, 5.41) is 1.06. The fourth-order valence-electron chi connectivity index (χ4n) is 1.53. The fraction of sp³-hybridized carbons (Fsp3) is 0.182. The van der Waals surface area contributed by atoms with Crippen LogP contribution in [0.3, 0.4) is 0 Å². The molecule has 0 saturated carbocycles. The van der Waals surface area contributed by atoms with E-state index < -0.39 is 0 Å². The number of aryl methyl sites for hydroxylation is 1. The van der Waals surface area contributed by atoms with E-state index >= 15 is 0 Å². The molecular formula is C11H13N3O. The molecule has 0 atom stereocenters. The number of fused-ring (bicyclic) bond motifs is 1. The molecule has 4 nitrogen and oxygen atoms in total. The molecule has 4 heteroatoms. The molecule has 15 heavy (non-hydrogen) atoms. The Morgan fingerprint density at radius 3 is 2.87 bits per heavy atom. The van der Waals surface area contributed by atoms with Crippen LogP contribution < -0.4 is 11.3 Å². The topological polar surface area (TPSA) is 63.5 Å². The molecular weight excluding hydrogens is 190 g/mol. The summed E-state index contributed by atoms with van der Waals surface area (Å²) in [6.45, 7) is 2.04. The van der Waals surface area contributed by atoms with Gasteiger partial charge in [-0.15, -0.1) is 0 Å². The van der Waals surface area contributed by atoms with Crippen LogP contribution in [0.4, 0.5) is 0 Å². The maximum absolute atomic E-state index is 5.59. The molecule has 0 aliphatic carbocycles. The van der Waals surface area contributed by atoms with Crippen LogP contribution >= 0.6 is 0 Å². The van der Waals surface area contributed by atoms with Crippen molar-refractivity contribution in [3.05, 3.63) is 35.6 Å². The highest BCUT2D eigenvalue weighted by Crippen LogP contribution is 2.20. The average molecular weight is 203 g/mol. The molecule has 1 aromatic heterocycles. The van der Waals surface area contributed by atoms with Crippen LogP contribution in [0.2, 0.25) is 0 Å². The summed E-state index contributed by atoms with van der Waals surface area (Å²) >= 11 is 0. The van der Waals surface area contributed by atoms with Gasteiger partial charge in [0.05, 0.1) is 0 Å². The number of nitrogens with one attached hydrogen (secondary N) is 1. The lowest BCUT2D eigenvalue weighted by molar-refractivity contribution is 0.599. The Kier molecular flexibility index (Phi) is 2.43. The van der Waals surface area contributed by atoms with Gasteiger partial charge in [-0.25, -0.2) is 5.84 Å². The molecule has 0 unspecified atom stereocenters. The lowest BCUT2D eigenvalue weighted by Gasteiger charge is -1.97. The van der Waals surface area contributed by atoms with E-state index in [1.54, 1.807) is 7.05 Å². The molecule has 1 heterocycles. The maximum Gasteiger partial charge on any atom is 0.178 e. The van der Waals surface area contributed by atoms with Gasteiger partial charge in [-0.05, 0) is 25.1 Å². The summed E-state index contributed by atoms with van der Waals surface area (Å²) in [5.41, 5.74) is 4.54. The molecule has 0 amide bonds. The third-order valence-electron chi connectivity index (χ3n) is 2.27. The number of amidine groups is 1. The monoisotopic (exact) mass is 203 g/mol. The van der Waals surface area contributed by atoms with Gasteiger partial charge < -0.3 is 9.84 Å². The molecule has 0 aliphatic rings. The summed E-state index contributed by atoms with van der Waals surface area (Å²) in [4.78, 5) is 3.98. The SMILES string of the molecule is CN=C(NN)c1cc2cc(C)ccc2o1. The Balaban J connectivity index is 2.56. The zero-order valence-electron chi connectivity index (χ0n) is 8.74. The minimum Gasteiger partial charge on any atom is -0.453 e. The van der Waals surface area contributed by atoms with Crippen LogP contribution in [-0.4, -0.2) is 12.9 Å². The largest absolute Gasteiger partial charge is 0.453 e. The number of nitrogens with zero attached hydrogens (tertiary/aromatic N) is 1. The van der Waals surface area contributed by atoms with Gasteiger partial charge in [0.25, 0.3) is 0 Å². The fourth-order valence-corrected chi connectivity index (χ4v) is 1.53. The van der Waals surface area contributed by atoms with Crippen LogP contribution in [0.5, 0.6) is 0 Å². The predicted octanol–water partition coefficient (Wildman–Crippen LogP) is 1.58. The number of rotatable bonds is 1. The van der Waals surface area contributed by atoms with Crippen molar-refractivity contribution >= 4 is 16.8 Å². The number of nitrogens with two attached hydrogens (primary N) is 1. The van der Waals surface area contributed by atoms with E-state index in [1.807, 2.05) is 25.1 Å². The van der Waals surface area contributed by atoms with Crippen LogP contribution in [0.15, 0.2) is 33.7 Å². The van der Waals surface area contributed by atoms with Crippen molar-refractivity contribution in [2.75, 3.05) is 7.05 Å². The summed E-state index contributed by atoms with van der Waals surface area (Å²) < 4.78 is 5.59. The van der Waals surface area contributed by atoms with Gasteiger partial charge >= 0.3 is 0 Å². The van der Waals surface area contributed by atoms with E-state index in [1.165, 1.54) is 5.56 Å². The Hall–Kier alpha value is -1.81.